The van der Waals surface area contributed by atoms with E-state index in [1.54, 1.807) is 12.1 Å². The van der Waals surface area contributed by atoms with Gasteiger partial charge in [0.15, 0.2) is 5.65 Å². The van der Waals surface area contributed by atoms with Gasteiger partial charge in [-0.25, -0.2) is 0 Å². The van der Waals surface area contributed by atoms with Crippen molar-refractivity contribution in [1.29, 1.82) is 0 Å². The molecule has 152 valence electrons. The zero-order valence-corrected chi connectivity index (χ0v) is 15.8. The summed E-state index contributed by atoms with van der Waals surface area (Å²) >= 11 is 0. The molecule has 5 rings (SSSR count). The molecule has 2 aromatic heterocycles. The molecule has 2 aromatic rings. The second-order valence-electron chi connectivity index (χ2n) is 8.18. The Bertz CT molecular complexity index is 844. The molecule has 0 saturated carbocycles. The van der Waals surface area contributed by atoms with Crippen LogP contribution >= 0.6 is 0 Å². The third-order valence-electron chi connectivity index (χ3n) is 6.73. The summed E-state index contributed by atoms with van der Waals surface area (Å²) in [5, 5.41) is 11.0. The summed E-state index contributed by atoms with van der Waals surface area (Å²) in [6.07, 6.45) is 0.501. The van der Waals surface area contributed by atoms with E-state index in [4.69, 9.17) is 0 Å². The number of aromatic nitrogens is 4. The average molecular weight is 395 g/mol. The number of hydrogen-bond donors (Lipinski definition) is 0. The number of alkyl halides is 3. The van der Waals surface area contributed by atoms with Gasteiger partial charge in [-0.15, -0.1) is 15.3 Å². The van der Waals surface area contributed by atoms with E-state index in [9.17, 15) is 13.2 Å². The summed E-state index contributed by atoms with van der Waals surface area (Å²) in [7, 11) is 2.25. The van der Waals surface area contributed by atoms with E-state index < -0.39 is 12.0 Å². The molecule has 0 radical (unpaired) electrons. The Morgan fingerprint density at radius 2 is 1.61 bits per heavy atom. The standard InChI is InChI=1S/C18H24F3N7/c1-25-12-2-3-13(25)11-14(10-12)26-6-8-27(9-7-26)16-5-4-15-22-23-17(18(19,20)21)28(15)24-16/h4-5,12-14H,2-3,6-11H2,1H3. The number of rotatable bonds is 2. The molecule has 7 nitrogen and oxygen atoms in total. The highest BCUT2D eigenvalue weighted by Gasteiger charge is 2.41. The van der Waals surface area contributed by atoms with Gasteiger partial charge >= 0.3 is 6.18 Å². The lowest BCUT2D eigenvalue weighted by Gasteiger charge is -2.45. The van der Waals surface area contributed by atoms with Crippen LogP contribution in [0.15, 0.2) is 12.1 Å². The molecule has 0 amide bonds. The molecule has 3 fully saturated rings. The maximum atomic E-state index is 13.1. The molecule has 0 aliphatic carbocycles. The number of piperidine rings is 1. The molecule has 0 N–H and O–H groups in total. The Morgan fingerprint density at radius 3 is 2.25 bits per heavy atom. The maximum Gasteiger partial charge on any atom is 0.453 e. The van der Waals surface area contributed by atoms with Crippen LogP contribution in [0.2, 0.25) is 0 Å². The summed E-state index contributed by atoms with van der Waals surface area (Å²) in [6, 6.07) is 5.32. The zero-order valence-electron chi connectivity index (χ0n) is 15.8. The Balaban J connectivity index is 1.28. The minimum atomic E-state index is -4.57. The fourth-order valence-corrected chi connectivity index (χ4v) is 5.12. The summed E-state index contributed by atoms with van der Waals surface area (Å²) in [5.74, 6) is -0.536. The first kappa shape index (κ1) is 18.1. The molecule has 0 spiro atoms. The number of nitrogens with zero attached hydrogens (tertiary/aromatic N) is 7. The first-order valence-corrected chi connectivity index (χ1v) is 9.91. The van der Waals surface area contributed by atoms with Gasteiger partial charge in [0.1, 0.15) is 5.82 Å². The van der Waals surface area contributed by atoms with Crippen LogP contribution in [-0.2, 0) is 6.18 Å². The molecule has 5 heterocycles. The van der Waals surface area contributed by atoms with Gasteiger partial charge < -0.3 is 9.80 Å². The van der Waals surface area contributed by atoms with Gasteiger partial charge in [0, 0.05) is 44.3 Å². The molecule has 3 aliphatic heterocycles. The van der Waals surface area contributed by atoms with E-state index in [0.29, 0.717) is 23.9 Å². The van der Waals surface area contributed by atoms with Crippen LogP contribution in [0.1, 0.15) is 31.5 Å². The van der Waals surface area contributed by atoms with E-state index in [0.717, 1.165) is 30.7 Å². The Kier molecular flexibility index (Phi) is 4.24. The third kappa shape index (κ3) is 3.02. The molecular weight excluding hydrogens is 371 g/mol. The van der Waals surface area contributed by atoms with Crippen LogP contribution in [0, 0.1) is 0 Å². The van der Waals surface area contributed by atoms with Gasteiger partial charge in [-0.3, -0.25) is 4.90 Å². The second kappa shape index (κ2) is 6.55. The molecule has 10 heteroatoms. The highest BCUT2D eigenvalue weighted by Crippen LogP contribution is 2.36. The molecule has 3 aliphatic rings. The van der Waals surface area contributed by atoms with Crippen LogP contribution in [0.25, 0.3) is 5.65 Å². The first-order valence-electron chi connectivity index (χ1n) is 9.91. The van der Waals surface area contributed by atoms with E-state index in [2.05, 4.69) is 37.0 Å². The first-order chi connectivity index (χ1) is 13.4. The summed E-state index contributed by atoms with van der Waals surface area (Å²) < 4.78 is 40.1. The Labute approximate surface area is 161 Å². The average Bonchev–Trinajstić information content (AvgIpc) is 3.17. The topological polar surface area (TPSA) is 52.8 Å². The second-order valence-corrected chi connectivity index (χ2v) is 8.18. The van der Waals surface area contributed by atoms with Gasteiger partial charge in [-0.1, -0.05) is 0 Å². The van der Waals surface area contributed by atoms with Crippen molar-refractivity contribution in [3.8, 4) is 0 Å². The lowest BCUT2D eigenvalue weighted by Crippen LogP contribution is -2.55. The molecular formula is C18H24F3N7. The van der Waals surface area contributed by atoms with Crippen LogP contribution in [0.5, 0.6) is 0 Å². The highest BCUT2D eigenvalue weighted by atomic mass is 19.4. The minimum Gasteiger partial charge on any atom is -0.353 e. The van der Waals surface area contributed by atoms with E-state index in [-0.39, 0.29) is 5.65 Å². The van der Waals surface area contributed by atoms with Crippen molar-refractivity contribution in [3.63, 3.8) is 0 Å². The van der Waals surface area contributed by atoms with Crippen molar-refractivity contribution >= 4 is 11.5 Å². The van der Waals surface area contributed by atoms with Crippen molar-refractivity contribution in [2.45, 2.75) is 50.0 Å². The van der Waals surface area contributed by atoms with Crippen molar-refractivity contribution in [3.05, 3.63) is 18.0 Å². The van der Waals surface area contributed by atoms with Crippen molar-refractivity contribution in [1.82, 2.24) is 29.6 Å². The quantitative estimate of drug-likeness (QED) is 0.774. The molecule has 0 aromatic carbocycles. The summed E-state index contributed by atoms with van der Waals surface area (Å²) in [5.41, 5.74) is 0.108. The predicted octanol–water partition coefficient (Wildman–Crippen LogP) is 1.89. The molecule has 2 atom stereocenters. The van der Waals surface area contributed by atoms with Crippen LogP contribution in [0.3, 0.4) is 0 Å². The SMILES string of the molecule is CN1C2CCC1CC(N1CCN(c3ccc4nnc(C(F)(F)F)n4n3)CC1)C2. The van der Waals surface area contributed by atoms with Gasteiger partial charge in [-0.05, 0) is 44.9 Å². The Hall–Kier alpha value is -1.94. The highest BCUT2D eigenvalue weighted by molar-refractivity contribution is 5.46. The number of hydrogen-bond acceptors (Lipinski definition) is 6. The largest absolute Gasteiger partial charge is 0.453 e. The molecule has 3 saturated heterocycles. The van der Waals surface area contributed by atoms with Crippen molar-refractivity contribution < 1.29 is 13.2 Å². The molecule has 2 bridgehead atoms. The summed E-state index contributed by atoms with van der Waals surface area (Å²) in [6.45, 7) is 3.37. The number of piperazine rings is 1. The molecule has 28 heavy (non-hydrogen) atoms. The number of anilines is 1. The van der Waals surface area contributed by atoms with Crippen LogP contribution in [0.4, 0.5) is 19.0 Å². The Morgan fingerprint density at radius 1 is 0.929 bits per heavy atom. The number of halogens is 3. The normalized spacial score (nSPS) is 29.7. The minimum absolute atomic E-state index is 0.108. The van der Waals surface area contributed by atoms with Crippen molar-refractivity contribution in [2.24, 2.45) is 0 Å². The lowest BCUT2D eigenvalue weighted by molar-refractivity contribution is -0.146. The summed E-state index contributed by atoms with van der Waals surface area (Å²) in [4.78, 5) is 7.16. The monoisotopic (exact) mass is 395 g/mol. The van der Waals surface area contributed by atoms with Crippen molar-refractivity contribution in [2.75, 3.05) is 38.1 Å². The fourth-order valence-electron chi connectivity index (χ4n) is 5.12. The smallest absolute Gasteiger partial charge is 0.353 e. The van der Waals surface area contributed by atoms with Gasteiger partial charge in [-0.2, -0.15) is 17.7 Å². The van der Waals surface area contributed by atoms with E-state index in [1.165, 1.54) is 25.7 Å². The maximum absolute atomic E-state index is 13.1. The third-order valence-corrected chi connectivity index (χ3v) is 6.73. The molecule has 2 unspecified atom stereocenters. The van der Waals surface area contributed by atoms with Gasteiger partial charge in [0.05, 0.1) is 0 Å². The zero-order chi connectivity index (χ0) is 19.5. The van der Waals surface area contributed by atoms with Crippen LogP contribution in [-0.4, -0.2) is 81.0 Å². The van der Waals surface area contributed by atoms with Gasteiger partial charge in [0.25, 0.3) is 5.82 Å². The predicted molar refractivity (Wildman–Crippen MR) is 97.2 cm³/mol. The lowest BCUT2D eigenvalue weighted by atomic mass is 9.96. The van der Waals surface area contributed by atoms with Crippen LogP contribution < -0.4 is 4.90 Å². The fraction of sp³-hybridized carbons (Fsp3) is 0.722. The number of fused-ring (bicyclic) bond motifs is 3. The van der Waals surface area contributed by atoms with Gasteiger partial charge in [0.2, 0.25) is 0 Å². The van der Waals surface area contributed by atoms with E-state index in [1.807, 2.05) is 0 Å². The van der Waals surface area contributed by atoms with E-state index >= 15 is 0 Å².